The summed E-state index contributed by atoms with van der Waals surface area (Å²) in [6.07, 6.45) is 1.80. The topological polar surface area (TPSA) is 41.6 Å². The van der Waals surface area contributed by atoms with Crippen LogP contribution in [0.15, 0.2) is 54.6 Å². The zero-order chi connectivity index (χ0) is 18.9. The molecule has 1 N–H and O–H groups in total. The minimum atomic E-state index is 0.106. The Kier molecular flexibility index (Phi) is 7.69. The summed E-state index contributed by atoms with van der Waals surface area (Å²) in [5, 5.41) is 3.79. The Bertz CT molecular complexity index is 715. The fraction of sp³-hybridized carbons (Fsp3) is 0.409. The van der Waals surface area contributed by atoms with E-state index in [4.69, 9.17) is 16.3 Å². The maximum atomic E-state index is 12.3. The molecule has 1 heterocycles. The van der Waals surface area contributed by atoms with Crippen molar-refractivity contribution in [3.8, 4) is 0 Å². The fourth-order valence-electron chi connectivity index (χ4n) is 3.40. The molecule has 2 aromatic carbocycles. The first kappa shape index (κ1) is 19.9. The minimum absolute atomic E-state index is 0.106. The molecule has 1 fully saturated rings. The smallest absolute Gasteiger partial charge is 0.223 e. The van der Waals surface area contributed by atoms with E-state index in [1.165, 1.54) is 5.56 Å². The van der Waals surface area contributed by atoms with Crippen molar-refractivity contribution in [2.45, 2.75) is 26.0 Å². The van der Waals surface area contributed by atoms with Gasteiger partial charge in [-0.25, -0.2) is 0 Å². The monoisotopic (exact) mass is 386 g/mol. The Hall–Kier alpha value is -1.88. The second-order valence-electron chi connectivity index (χ2n) is 7.01. The number of hydrogen-bond acceptors (Lipinski definition) is 3. The number of nitrogens with zero attached hydrogens (tertiary/aromatic N) is 1. The van der Waals surface area contributed by atoms with Gasteiger partial charge in [-0.2, -0.15) is 0 Å². The Morgan fingerprint density at radius 2 is 1.81 bits per heavy atom. The molecule has 0 radical (unpaired) electrons. The molecule has 0 saturated carbocycles. The van der Waals surface area contributed by atoms with Crippen LogP contribution in [0.3, 0.4) is 0 Å². The first-order chi connectivity index (χ1) is 13.2. The molecular weight excluding hydrogens is 360 g/mol. The van der Waals surface area contributed by atoms with Crippen LogP contribution in [0.5, 0.6) is 0 Å². The summed E-state index contributed by atoms with van der Waals surface area (Å²) >= 11 is 6.05. The first-order valence-electron chi connectivity index (χ1n) is 9.57. The largest absolute Gasteiger partial charge is 0.375 e. The SMILES string of the molecule is O=C(NCCOCc1ccccc1)C1CCN(Cc2cccc(Cl)c2)CC1. The van der Waals surface area contributed by atoms with E-state index >= 15 is 0 Å². The molecule has 0 spiro atoms. The molecule has 1 saturated heterocycles. The second-order valence-corrected chi connectivity index (χ2v) is 7.45. The number of rotatable bonds is 8. The van der Waals surface area contributed by atoms with Crippen molar-refractivity contribution >= 4 is 17.5 Å². The maximum absolute atomic E-state index is 12.3. The summed E-state index contributed by atoms with van der Waals surface area (Å²) < 4.78 is 5.62. The molecule has 1 amide bonds. The lowest BCUT2D eigenvalue weighted by Gasteiger charge is -2.31. The van der Waals surface area contributed by atoms with Crippen molar-refractivity contribution in [2.75, 3.05) is 26.2 Å². The number of likely N-dealkylation sites (tertiary alicyclic amines) is 1. The molecule has 0 bridgehead atoms. The number of carbonyl (C=O) groups excluding carboxylic acids is 1. The van der Waals surface area contributed by atoms with Crippen LogP contribution in [0.1, 0.15) is 24.0 Å². The van der Waals surface area contributed by atoms with Gasteiger partial charge in [0.05, 0.1) is 13.2 Å². The van der Waals surface area contributed by atoms with Gasteiger partial charge in [-0.1, -0.05) is 54.1 Å². The maximum Gasteiger partial charge on any atom is 0.223 e. The van der Waals surface area contributed by atoms with Crippen molar-refractivity contribution < 1.29 is 9.53 Å². The highest BCUT2D eigenvalue weighted by molar-refractivity contribution is 6.30. The molecule has 1 aliphatic heterocycles. The highest BCUT2D eigenvalue weighted by atomic mass is 35.5. The van der Waals surface area contributed by atoms with Gasteiger partial charge in [0.1, 0.15) is 0 Å². The van der Waals surface area contributed by atoms with E-state index in [9.17, 15) is 4.79 Å². The third-order valence-corrected chi connectivity index (χ3v) is 5.15. The number of nitrogens with one attached hydrogen (secondary N) is 1. The number of hydrogen-bond donors (Lipinski definition) is 1. The number of ether oxygens (including phenoxy) is 1. The fourth-order valence-corrected chi connectivity index (χ4v) is 3.61. The number of amides is 1. The van der Waals surface area contributed by atoms with Gasteiger partial charge in [0.15, 0.2) is 0 Å². The number of piperidine rings is 1. The highest BCUT2D eigenvalue weighted by Gasteiger charge is 2.24. The van der Waals surface area contributed by atoms with Crippen molar-refractivity contribution in [2.24, 2.45) is 5.92 Å². The van der Waals surface area contributed by atoms with E-state index in [2.05, 4.69) is 16.3 Å². The third-order valence-electron chi connectivity index (χ3n) is 4.91. The van der Waals surface area contributed by atoms with Crippen LogP contribution in [-0.2, 0) is 22.7 Å². The van der Waals surface area contributed by atoms with Crippen LogP contribution in [0, 0.1) is 5.92 Å². The lowest BCUT2D eigenvalue weighted by atomic mass is 9.95. The van der Waals surface area contributed by atoms with Crippen LogP contribution in [0.2, 0.25) is 5.02 Å². The average Bonchev–Trinajstić information content (AvgIpc) is 2.69. The minimum Gasteiger partial charge on any atom is -0.375 e. The average molecular weight is 387 g/mol. The lowest BCUT2D eigenvalue weighted by molar-refractivity contribution is -0.126. The molecule has 0 atom stereocenters. The van der Waals surface area contributed by atoms with Gasteiger partial charge in [-0.05, 0) is 49.2 Å². The standard InChI is InChI=1S/C22H27ClN2O2/c23-21-8-4-7-19(15-21)16-25-12-9-20(10-13-25)22(26)24-11-14-27-17-18-5-2-1-3-6-18/h1-8,15,20H,9-14,16-17H2,(H,24,26). The molecule has 5 heteroatoms. The van der Waals surface area contributed by atoms with E-state index < -0.39 is 0 Å². The third kappa shape index (κ3) is 6.65. The van der Waals surface area contributed by atoms with Gasteiger partial charge in [-0.3, -0.25) is 9.69 Å². The molecule has 0 aliphatic carbocycles. The van der Waals surface area contributed by atoms with Gasteiger partial charge >= 0.3 is 0 Å². The molecule has 0 unspecified atom stereocenters. The van der Waals surface area contributed by atoms with Crippen molar-refractivity contribution in [1.82, 2.24) is 10.2 Å². The van der Waals surface area contributed by atoms with Gasteiger partial charge in [0.25, 0.3) is 0 Å². The van der Waals surface area contributed by atoms with Gasteiger partial charge in [0.2, 0.25) is 5.91 Å². The molecule has 144 valence electrons. The van der Waals surface area contributed by atoms with Crippen LogP contribution < -0.4 is 5.32 Å². The van der Waals surface area contributed by atoms with E-state index in [1.54, 1.807) is 0 Å². The number of halogens is 1. The molecule has 3 rings (SSSR count). The molecule has 27 heavy (non-hydrogen) atoms. The highest BCUT2D eigenvalue weighted by Crippen LogP contribution is 2.20. The summed E-state index contributed by atoms with van der Waals surface area (Å²) in [6.45, 7) is 4.45. The van der Waals surface area contributed by atoms with Gasteiger partial charge < -0.3 is 10.1 Å². The van der Waals surface area contributed by atoms with Crippen LogP contribution in [-0.4, -0.2) is 37.0 Å². The Balaban J connectivity index is 1.30. The quantitative estimate of drug-likeness (QED) is 0.700. The summed E-state index contributed by atoms with van der Waals surface area (Å²) in [7, 11) is 0. The summed E-state index contributed by atoms with van der Waals surface area (Å²) in [5.74, 6) is 0.260. The van der Waals surface area contributed by atoms with Crippen molar-refractivity contribution in [1.29, 1.82) is 0 Å². The van der Waals surface area contributed by atoms with Crippen LogP contribution in [0.4, 0.5) is 0 Å². The zero-order valence-corrected chi connectivity index (χ0v) is 16.3. The van der Waals surface area contributed by atoms with E-state index in [0.29, 0.717) is 19.8 Å². The summed E-state index contributed by atoms with van der Waals surface area (Å²) in [6, 6.07) is 18.0. The Labute approximate surface area is 166 Å². The first-order valence-corrected chi connectivity index (χ1v) is 9.94. The van der Waals surface area contributed by atoms with E-state index in [-0.39, 0.29) is 11.8 Å². The number of carbonyl (C=O) groups is 1. The predicted octanol–water partition coefficient (Wildman–Crippen LogP) is 3.89. The lowest BCUT2D eigenvalue weighted by Crippen LogP contribution is -2.41. The Morgan fingerprint density at radius 1 is 1.07 bits per heavy atom. The predicted molar refractivity (Wildman–Crippen MR) is 109 cm³/mol. The van der Waals surface area contributed by atoms with E-state index in [0.717, 1.165) is 43.1 Å². The van der Waals surface area contributed by atoms with Crippen molar-refractivity contribution in [3.63, 3.8) is 0 Å². The van der Waals surface area contributed by atoms with Gasteiger partial charge in [0, 0.05) is 24.0 Å². The molecule has 4 nitrogen and oxygen atoms in total. The second kappa shape index (κ2) is 10.5. The molecular formula is C22H27ClN2O2. The normalized spacial score (nSPS) is 15.6. The van der Waals surface area contributed by atoms with Crippen LogP contribution in [0.25, 0.3) is 0 Å². The summed E-state index contributed by atoms with van der Waals surface area (Å²) in [5.41, 5.74) is 2.37. The molecule has 0 aromatic heterocycles. The Morgan fingerprint density at radius 3 is 2.56 bits per heavy atom. The zero-order valence-electron chi connectivity index (χ0n) is 15.6. The molecule has 1 aliphatic rings. The molecule has 2 aromatic rings. The number of benzene rings is 2. The van der Waals surface area contributed by atoms with Crippen molar-refractivity contribution in [3.05, 3.63) is 70.7 Å². The van der Waals surface area contributed by atoms with Crippen LogP contribution >= 0.6 is 11.6 Å². The van der Waals surface area contributed by atoms with E-state index in [1.807, 2.05) is 48.5 Å². The van der Waals surface area contributed by atoms with Gasteiger partial charge in [-0.15, -0.1) is 0 Å². The summed E-state index contributed by atoms with van der Waals surface area (Å²) in [4.78, 5) is 14.7.